The fourth-order valence-corrected chi connectivity index (χ4v) is 4.13. The first kappa shape index (κ1) is 17.9. The van der Waals surface area contributed by atoms with Gasteiger partial charge in [0, 0.05) is 45.7 Å². The van der Waals surface area contributed by atoms with E-state index in [2.05, 4.69) is 0 Å². The van der Waals surface area contributed by atoms with E-state index >= 15 is 0 Å². The van der Waals surface area contributed by atoms with Gasteiger partial charge in [0.05, 0.1) is 0 Å². The number of urea groups is 1. The molecule has 0 aromatic heterocycles. The molecule has 0 N–H and O–H groups in total. The predicted octanol–water partition coefficient (Wildman–Crippen LogP) is 2.30. The van der Waals surface area contributed by atoms with Crippen molar-refractivity contribution < 1.29 is 19.1 Å². The van der Waals surface area contributed by atoms with Gasteiger partial charge in [0.2, 0.25) is 12.7 Å². The van der Waals surface area contributed by atoms with E-state index in [1.165, 1.54) is 0 Å². The van der Waals surface area contributed by atoms with Crippen molar-refractivity contribution >= 4 is 11.9 Å². The van der Waals surface area contributed by atoms with Crippen LogP contribution in [0.25, 0.3) is 0 Å². The number of hydrogen-bond acceptors (Lipinski definition) is 4. The smallest absolute Gasteiger partial charge is 0.319 e. The first-order chi connectivity index (χ1) is 13.1. The van der Waals surface area contributed by atoms with Crippen LogP contribution in [0.15, 0.2) is 18.2 Å². The lowest BCUT2D eigenvalue weighted by atomic mass is 9.95. The second kappa shape index (κ2) is 7.66. The number of hydrogen-bond donors (Lipinski definition) is 0. The lowest BCUT2D eigenvalue weighted by Gasteiger charge is -2.35. The van der Waals surface area contributed by atoms with Gasteiger partial charge in [-0.2, -0.15) is 0 Å². The number of ether oxygens (including phenoxy) is 2. The van der Waals surface area contributed by atoms with Crippen molar-refractivity contribution in [2.45, 2.75) is 32.2 Å². The average Bonchev–Trinajstić information content (AvgIpc) is 3.38. The quantitative estimate of drug-likeness (QED) is 0.816. The Labute approximate surface area is 159 Å². The number of piperidine rings is 1. The molecule has 1 aromatic carbocycles. The van der Waals surface area contributed by atoms with Crippen molar-refractivity contribution in [3.8, 4) is 11.5 Å². The van der Waals surface area contributed by atoms with Gasteiger partial charge in [-0.1, -0.05) is 6.07 Å². The molecule has 0 radical (unpaired) electrons. The highest BCUT2D eigenvalue weighted by atomic mass is 16.7. The molecule has 3 heterocycles. The number of benzene rings is 1. The van der Waals surface area contributed by atoms with Crippen molar-refractivity contribution in [1.82, 2.24) is 14.7 Å². The topological polar surface area (TPSA) is 62.3 Å². The van der Waals surface area contributed by atoms with Crippen LogP contribution < -0.4 is 9.47 Å². The van der Waals surface area contributed by atoms with Crippen LogP contribution in [0.2, 0.25) is 0 Å². The largest absolute Gasteiger partial charge is 0.454 e. The van der Waals surface area contributed by atoms with Crippen molar-refractivity contribution in [1.29, 1.82) is 0 Å². The summed E-state index contributed by atoms with van der Waals surface area (Å²) in [5, 5.41) is 0. The lowest BCUT2D eigenvalue weighted by Crippen LogP contribution is -2.47. The number of carbonyl (C=O) groups is 2. The Morgan fingerprint density at radius 1 is 1.04 bits per heavy atom. The molecule has 2 fully saturated rings. The molecule has 3 aliphatic heterocycles. The minimum Gasteiger partial charge on any atom is -0.454 e. The molecule has 0 spiro atoms. The molecule has 27 heavy (non-hydrogen) atoms. The van der Waals surface area contributed by atoms with Crippen LogP contribution in [0.3, 0.4) is 0 Å². The summed E-state index contributed by atoms with van der Waals surface area (Å²) in [6, 6.07) is 5.93. The molecule has 0 saturated carbocycles. The van der Waals surface area contributed by atoms with E-state index in [-0.39, 0.29) is 24.6 Å². The minimum atomic E-state index is -0.00774. The second-order valence-corrected chi connectivity index (χ2v) is 7.62. The highest BCUT2D eigenvalue weighted by Crippen LogP contribution is 2.33. The third kappa shape index (κ3) is 3.82. The number of rotatable bonds is 3. The summed E-state index contributed by atoms with van der Waals surface area (Å²) in [5.41, 5.74) is 1.02. The Morgan fingerprint density at radius 3 is 2.44 bits per heavy atom. The van der Waals surface area contributed by atoms with Crippen LogP contribution in [-0.2, 0) is 11.3 Å². The maximum absolute atomic E-state index is 12.8. The second-order valence-electron chi connectivity index (χ2n) is 7.62. The zero-order chi connectivity index (χ0) is 18.8. The Balaban J connectivity index is 1.29. The monoisotopic (exact) mass is 373 g/mol. The molecular weight excluding hydrogens is 346 g/mol. The van der Waals surface area contributed by atoms with E-state index in [0.29, 0.717) is 19.6 Å². The van der Waals surface area contributed by atoms with E-state index in [9.17, 15) is 9.59 Å². The normalized spacial score (nSPS) is 19.4. The molecule has 7 heteroatoms. The summed E-state index contributed by atoms with van der Waals surface area (Å²) in [6.45, 7) is 3.88. The Morgan fingerprint density at radius 2 is 1.70 bits per heavy atom. The molecule has 0 bridgehead atoms. The Hall–Kier alpha value is -2.44. The predicted molar refractivity (Wildman–Crippen MR) is 99.5 cm³/mol. The first-order valence-corrected chi connectivity index (χ1v) is 9.79. The van der Waals surface area contributed by atoms with Crippen molar-refractivity contribution in [3.05, 3.63) is 23.8 Å². The third-order valence-corrected chi connectivity index (χ3v) is 5.72. The molecule has 4 rings (SSSR count). The van der Waals surface area contributed by atoms with Gasteiger partial charge in [-0.15, -0.1) is 0 Å². The standard InChI is InChI=1S/C20H27N3O4/c1-21(13-15-4-5-17-18(12-15)27-14-26-17)19(24)16-6-10-23(11-7-16)20(25)22-8-2-3-9-22/h4-5,12,16H,2-3,6-11,13-14H2,1H3. The number of likely N-dealkylation sites (tertiary alicyclic amines) is 2. The van der Waals surface area contributed by atoms with Crippen molar-refractivity contribution in [3.63, 3.8) is 0 Å². The fraction of sp³-hybridized carbons (Fsp3) is 0.600. The first-order valence-electron chi connectivity index (χ1n) is 9.79. The number of carbonyl (C=O) groups excluding carboxylic acids is 2. The lowest BCUT2D eigenvalue weighted by molar-refractivity contribution is -0.136. The van der Waals surface area contributed by atoms with E-state index in [0.717, 1.165) is 55.8 Å². The summed E-state index contributed by atoms with van der Waals surface area (Å²) < 4.78 is 10.7. The highest BCUT2D eigenvalue weighted by molar-refractivity contribution is 5.79. The van der Waals surface area contributed by atoms with Gasteiger partial charge in [-0.25, -0.2) is 4.79 Å². The molecule has 1 aromatic rings. The minimum absolute atomic E-state index is 0.00774. The SMILES string of the molecule is CN(Cc1ccc2c(c1)OCO2)C(=O)C1CCN(C(=O)N2CCCC2)CC1. The Bertz CT molecular complexity index is 709. The summed E-state index contributed by atoms with van der Waals surface area (Å²) in [7, 11) is 1.84. The van der Waals surface area contributed by atoms with Crippen molar-refractivity contribution in [2.24, 2.45) is 5.92 Å². The fourth-order valence-electron chi connectivity index (χ4n) is 4.13. The maximum Gasteiger partial charge on any atom is 0.319 e. The van der Waals surface area contributed by atoms with Crippen LogP contribution in [0.5, 0.6) is 11.5 Å². The number of nitrogens with zero attached hydrogens (tertiary/aromatic N) is 3. The van der Waals surface area contributed by atoms with Gasteiger partial charge in [0.1, 0.15) is 0 Å². The molecule has 146 valence electrons. The molecule has 0 atom stereocenters. The van der Waals surface area contributed by atoms with Gasteiger partial charge in [-0.3, -0.25) is 4.79 Å². The van der Waals surface area contributed by atoms with Gasteiger partial charge < -0.3 is 24.2 Å². The van der Waals surface area contributed by atoms with Crippen molar-refractivity contribution in [2.75, 3.05) is 40.0 Å². The van der Waals surface area contributed by atoms with Crippen LogP contribution in [0.1, 0.15) is 31.2 Å². The van der Waals surface area contributed by atoms with Gasteiger partial charge in [0.15, 0.2) is 11.5 Å². The Kier molecular flexibility index (Phi) is 5.09. The summed E-state index contributed by atoms with van der Waals surface area (Å²) in [4.78, 5) is 30.9. The van der Waals surface area contributed by atoms with Gasteiger partial charge >= 0.3 is 6.03 Å². The van der Waals surface area contributed by atoms with Crippen LogP contribution in [0.4, 0.5) is 4.79 Å². The molecular formula is C20H27N3O4. The van der Waals surface area contributed by atoms with Gasteiger partial charge in [-0.05, 0) is 43.4 Å². The summed E-state index contributed by atoms with van der Waals surface area (Å²) in [5.74, 6) is 1.64. The van der Waals surface area contributed by atoms with E-state index in [4.69, 9.17) is 9.47 Å². The number of amides is 3. The zero-order valence-electron chi connectivity index (χ0n) is 15.9. The summed E-state index contributed by atoms with van der Waals surface area (Å²) in [6.07, 6.45) is 3.68. The molecule has 2 saturated heterocycles. The van der Waals surface area contributed by atoms with Crippen LogP contribution in [0, 0.1) is 5.92 Å². The molecule has 3 amide bonds. The molecule has 0 aliphatic carbocycles. The molecule has 0 unspecified atom stereocenters. The van der Waals surface area contributed by atoms with Gasteiger partial charge in [0.25, 0.3) is 0 Å². The van der Waals surface area contributed by atoms with Crippen LogP contribution >= 0.6 is 0 Å². The average molecular weight is 373 g/mol. The third-order valence-electron chi connectivity index (χ3n) is 5.72. The summed E-state index contributed by atoms with van der Waals surface area (Å²) >= 11 is 0. The molecule has 3 aliphatic rings. The van der Waals surface area contributed by atoms with E-state index in [1.807, 2.05) is 35.0 Å². The highest BCUT2D eigenvalue weighted by Gasteiger charge is 2.31. The van der Waals surface area contributed by atoms with E-state index in [1.54, 1.807) is 4.90 Å². The van der Waals surface area contributed by atoms with Crippen LogP contribution in [-0.4, -0.2) is 66.7 Å². The molecule has 7 nitrogen and oxygen atoms in total. The van der Waals surface area contributed by atoms with E-state index < -0.39 is 0 Å². The number of fused-ring (bicyclic) bond motifs is 1. The maximum atomic E-state index is 12.8. The zero-order valence-corrected chi connectivity index (χ0v) is 15.9.